The molecule has 0 radical (unpaired) electrons. The second-order valence-electron chi connectivity index (χ2n) is 5.71. The quantitative estimate of drug-likeness (QED) is 0.583. The van der Waals surface area contributed by atoms with Crippen molar-refractivity contribution >= 4 is 29.3 Å². The molecule has 2 heterocycles. The van der Waals surface area contributed by atoms with Crippen LogP contribution in [0.2, 0.25) is 0 Å². The Kier molecular flexibility index (Phi) is 6.01. The van der Waals surface area contributed by atoms with Crippen molar-refractivity contribution in [2.24, 2.45) is 0 Å². The van der Waals surface area contributed by atoms with E-state index in [0.29, 0.717) is 27.9 Å². The van der Waals surface area contributed by atoms with E-state index >= 15 is 0 Å². The minimum atomic E-state index is -0.527. The molecule has 9 heteroatoms. The highest BCUT2D eigenvalue weighted by molar-refractivity contribution is 8.00. The van der Waals surface area contributed by atoms with E-state index < -0.39 is 5.97 Å². The number of aryl methyl sites for hydroxylation is 1. The molecular weight excluding hydrogens is 382 g/mol. The van der Waals surface area contributed by atoms with Crippen molar-refractivity contribution in [3.8, 4) is 17.6 Å². The number of hydrogen-bond acceptors (Lipinski definition) is 8. The number of thioether (sulfide) groups is 1. The third kappa shape index (κ3) is 4.35. The van der Waals surface area contributed by atoms with Gasteiger partial charge in [0.25, 0.3) is 0 Å². The van der Waals surface area contributed by atoms with E-state index in [2.05, 4.69) is 10.3 Å². The van der Waals surface area contributed by atoms with Crippen LogP contribution in [0, 0.1) is 18.3 Å². The first-order chi connectivity index (χ1) is 13.5. The number of carbonyl (C=O) groups excluding carboxylic acids is 2. The molecule has 0 bridgehead atoms. The lowest BCUT2D eigenvalue weighted by Gasteiger charge is -2.09. The summed E-state index contributed by atoms with van der Waals surface area (Å²) >= 11 is 1.12. The minimum absolute atomic E-state index is 0.0499. The monoisotopic (exact) mass is 399 g/mol. The van der Waals surface area contributed by atoms with Crippen LogP contribution in [0.3, 0.4) is 0 Å². The number of anilines is 1. The van der Waals surface area contributed by atoms with Gasteiger partial charge in [-0.3, -0.25) is 4.79 Å². The van der Waals surface area contributed by atoms with Gasteiger partial charge in [-0.15, -0.1) is 0 Å². The van der Waals surface area contributed by atoms with Gasteiger partial charge in [-0.2, -0.15) is 5.26 Å². The Morgan fingerprint density at radius 2 is 2.11 bits per heavy atom. The summed E-state index contributed by atoms with van der Waals surface area (Å²) in [6, 6.07) is 8.57. The van der Waals surface area contributed by atoms with E-state index in [9.17, 15) is 14.9 Å². The van der Waals surface area contributed by atoms with Crippen molar-refractivity contribution in [2.75, 3.05) is 24.5 Å². The fraction of sp³-hybridized carbons (Fsp3) is 0.263. The molecule has 28 heavy (non-hydrogen) atoms. The largest absolute Gasteiger partial charge is 0.462 e. The molecule has 1 aromatic carbocycles. The molecule has 2 aromatic rings. The zero-order valence-electron chi connectivity index (χ0n) is 15.3. The Balaban J connectivity index is 1.66. The Hall–Kier alpha value is -3.25. The van der Waals surface area contributed by atoms with Crippen molar-refractivity contribution in [1.29, 1.82) is 5.26 Å². The van der Waals surface area contributed by atoms with Crippen LogP contribution in [0.4, 0.5) is 5.69 Å². The van der Waals surface area contributed by atoms with Crippen molar-refractivity contribution < 1.29 is 23.8 Å². The lowest BCUT2D eigenvalue weighted by molar-refractivity contribution is -0.113. The van der Waals surface area contributed by atoms with Crippen molar-refractivity contribution in [2.45, 2.75) is 18.9 Å². The predicted octanol–water partition coefficient (Wildman–Crippen LogP) is 2.90. The van der Waals surface area contributed by atoms with Gasteiger partial charge in [0.1, 0.15) is 11.1 Å². The molecule has 0 spiro atoms. The first-order valence-corrected chi connectivity index (χ1v) is 9.41. The van der Waals surface area contributed by atoms with Crippen molar-refractivity contribution in [3.63, 3.8) is 0 Å². The molecule has 0 fully saturated rings. The number of aromatic nitrogens is 1. The van der Waals surface area contributed by atoms with Gasteiger partial charge in [-0.1, -0.05) is 11.8 Å². The average Bonchev–Trinajstić information content (AvgIpc) is 3.14. The van der Waals surface area contributed by atoms with Crippen LogP contribution >= 0.6 is 11.8 Å². The number of rotatable bonds is 6. The highest BCUT2D eigenvalue weighted by atomic mass is 32.2. The van der Waals surface area contributed by atoms with Crippen LogP contribution < -0.4 is 14.8 Å². The van der Waals surface area contributed by atoms with Crippen molar-refractivity contribution in [1.82, 2.24) is 4.98 Å². The highest BCUT2D eigenvalue weighted by Crippen LogP contribution is 2.34. The van der Waals surface area contributed by atoms with Crippen LogP contribution in [0.1, 0.15) is 28.5 Å². The Labute approximate surface area is 165 Å². The summed E-state index contributed by atoms with van der Waals surface area (Å²) in [6.45, 7) is 3.75. The first kappa shape index (κ1) is 19.5. The third-order valence-electron chi connectivity index (χ3n) is 3.79. The maximum absolute atomic E-state index is 12.2. The van der Waals surface area contributed by atoms with Crippen molar-refractivity contribution in [3.05, 3.63) is 41.1 Å². The van der Waals surface area contributed by atoms with E-state index in [0.717, 1.165) is 11.8 Å². The van der Waals surface area contributed by atoms with E-state index in [1.165, 1.54) is 6.07 Å². The maximum Gasteiger partial charge on any atom is 0.340 e. The lowest BCUT2D eigenvalue weighted by Crippen LogP contribution is -2.14. The van der Waals surface area contributed by atoms with Gasteiger partial charge in [-0.05, 0) is 32.0 Å². The summed E-state index contributed by atoms with van der Waals surface area (Å²) in [6.07, 6.45) is 0. The maximum atomic E-state index is 12.2. The van der Waals surface area contributed by atoms with Gasteiger partial charge in [0.05, 0.1) is 29.2 Å². The Morgan fingerprint density at radius 1 is 1.32 bits per heavy atom. The van der Waals surface area contributed by atoms with E-state index in [4.69, 9.17) is 14.2 Å². The first-order valence-electron chi connectivity index (χ1n) is 8.43. The number of nitrogens with zero attached hydrogens (tertiary/aromatic N) is 2. The molecule has 0 saturated heterocycles. The number of pyridine rings is 1. The molecule has 3 rings (SSSR count). The predicted molar refractivity (Wildman–Crippen MR) is 102 cm³/mol. The SMILES string of the molecule is CCOC(=O)c1cc(C#N)c(SCC(=O)Nc2ccc3c(c2)OCO3)nc1C. The fourth-order valence-corrected chi connectivity index (χ4v) is 3.30. The van der Waals surface area contributed by atoms with Crippen LogP contribution in [0.15, 0.2) is 29.3 Å². The minimum Gasteiger partial charge on any atom is -0.462 e. The van der Waals surface area contributed by atoms with Gasteiger partial charge in [-0.25, -0.2) is 9.78 Å². The highest BCUT2D eigenvalue weighted by Gasteiger charge is 2.18. The molecule has 144 valence electrons. The molecule has 0 aliphatic carbocycles. The zero-order valence-corrected chi connectivity index (χ0v) is 16.1. The number of amides is 1. The molecule has 1 aromatic heterocycles. The van der Waals surface area contributed by atoms with E-state index in [1.807, 2.05) is 6.07 Å². The molecule has 1 aliphatic heterocycles. The summed E-state index contributed by atoms with van der Waals surface area (Å²) in [5, 5.41) is 12.5. The second kappa shape index (κ2) is 8.63. The summed E-state index contributed by atoms with van der Waals surface area (Å²) in [5.41, 5.74) is 1.48. The molecule has 8 nitrogen and oxygen atoms in total. The lowest BCUT2D eigenvalue weighted by atomic mass is 10.1. The van der Waals surface area contributed by atoms with Gasteiger partial charge >= 0.3 is 5.97 Å². The van der Waals surface area contributed by atoms with Gasteiger partial charge in [0.15, 0.2) is 11.5 Å². The van der Waals surface area contributed by atoms with Gasteiger partial charge in [0, 0.05) is 11.8 Å². The van der Waals surface area contributed by atoms with E-state index in [-0.39, 0.29) is 36.2 Å². The van der Waals surface area contributed by atoms with Crippen LogP contribution in [-0.2, 0) is 9.53 Å². The number of benzene rings is 1. The van der Waals surface area contributed by atoms with E-state index in [1.54, 1.807) is 32.0 Å². The number of nitrogens with one attached hydrogen (secondary N) is 1. The molecule has 0 atom stereocenters. The topological polar surface area (TPSA) is 111 Å². The summed E-state index contributed by atoms with van der Waals surface area (Å²) < 4.78 is 15.5. The van der Waals surface area contributed by atoms with Gasteiger partial charge in [0.2, 0.25) is 12.7 Å². The normalized spacial score (nSPS) is 11.6. The molecular formula is C19H17N3O5S. The number of hydrogen-bond donors (Lipinski definition) is 1. The number of fused-ring (bicyclic) bond motifs is 1. The number of esters is 1. The smallest absolute Gasteiger partial charge is 0.340 e. The summed E-state index contributed by atoms with van der Waals surface area (Å²) in [7, 11) is 0. The third-order valence-corrected chi connectivity index (χ3v) is 4.78. The van der Waals surface area contributed by atoms with Crippen LogP contribution in [-0.4, -0.2) is 36.0 Å². The Morgan fingerprint density at radius 3 is 2.86 bits per heavy atom. The summed E-state index contributed by atoms with van der Waals surface area (Å²) in [5.74, 6) is 0.466. The standard InChI is InChI=1S/C19H17N3O5S/c1-3-25-19(24)14-6-12(8-20)18(21-11(14)2)28-9-17(23)22-13-4-5-15-16(7-13)27-10-26-15/h4-7H,3,9-10H2,1-2H3,(H,22,23). The number of nitriles is 1. The summed E-state index contributed by atoms with van der Waals surface area (Å²) in [4.78, 5) is 28.5. The van der Waals surface area contributed by atoms with Crippen LogP contribution in [0.25, 0.3) is 0 Å². The average molecular weight is 399 g/mol. The molecule has 1 amide bonds. The second-order valence-corrected chi connectivity index (χ2v) is 6.68. The molecule has 1 aliphatic rings. The number of ether oxygens (including phenoxy) is 3. The van der Waals surface area contributed by atoms with Crippen LogP contribution in [0.5, 0.6) is 11.5 Å². The van der Waals surface area contributed by atoms with Gasteiger partial charge < -0.3 is 19.5 Å². The molecule has 1 N–H and O–H groups in total. The molecule has 0 unspecified atom stereocenters. The Bertz CT molecular complexity index is 971. The molecule has 0 saturated carbocycles. The fourth-order valence-electron chi connectivity index (χ4n) is 2.49. The number of carbonyl (C=O) groups is 2. The zero-order chi connectivity index (χ0) is 20.1.